The number of likely N-dealkylation sites (N-methyl/N-ethyl adjacent to an activating group) is 1. The van der Waals surface area contributed by atoms with Crippen molar-refractivity contribution in [1.29, 1.82) is 0 Å². The van der Waals surface area contributed by atoms with Crippen molar-refractivity contribution < 1.29 is 9.53 Å². The van der Waals surface area contributed by atoms with E-state index in [2.05, 4.69) is 5.32 Å². The highest BCUT2D eigenvalue weighted by atomic mass is 16.5. The summed E-state index contributed by atoms with van der Waals surface area (Å²) in [5.74, 6) is 0.716. The number of carbonyl (C=O) groups is 1. The van der Waals surface area contributed by atoms with Gasteiger partial charge in [-0.05, 0) is 20.0 Å². The number of amides is 1. The second-order valence-electron chi connectivity index (χ2n) is 4.13. The minimum absolute atomic E-state index is 0.0377. The second-order valence-corrected chi connectivity index (χ2v) is 4.13. The van der Waals surface area contributed by atoms with E-state index in [0.717, 1.165) is 17.9 Å². The molecule has 1 aromatic carbocycles. The molecule has 0 fully saturated rings. The van der Waals surface area contributed by atoms with Gasteiger partial charge in [0.15, 0.2) is 6.10 Å². The van der Waals surface area contributed by atoms with Crippen LogP contribution >= 0.6 is 0 Å². The number of para-hydroxylation sites is 1. The summed E-state index contributed by atoms with van der Waals surface area (Å²) in [5, 5.41) is 3.07. The molecular weight excluding hydrogens is 216 g/mol. The van der Waals surface area contributed by atoms with Crippen LogP contribution in [0.2, 0.25) is 0 Å². The first-order valence-corrected chi connectivity index (χ1v) is 5.66. The maximum Gasteiger partial charge on any atom is 0.262 e. The van der Waals surface area contributed by atoms with E-state index < -0.39 is 6.10 Å². The molecule has 1 amide bonds. The topological polar surface area (TPSA) is 41.6 Å². The van der Waals surface area contributed by atoms with Gasteiger partial charge in [-0.3, -0.25) is 4.79 Å². The summed E-state index contributed by atoms with van der Waals surface area (Å²) in [6.45, 7) is 2.48. The number of benzene rings is 1. The first kappa shape index (κ1) is 13.5. The van der Waals surface area contributed by atoms with Crippen LogP contribution < -0.4 is 10.1 Å². The minimum atomic E-state index is -0.469. The lowest BCUT2D eigenvalue weighted by atomic mass is 10.2. The number of carbonyl (C=O) groups excluding carboxylic acids is 1. The second kappa shape index (κ2) is 6.25. The predicted molar refractivity (Wildman–Crippen MR) is 68.0 cm³/mol. The van der Waals surface area contributed by atoms with Crippen molar-refractivity contribution in [3.63, 3.8) is 0 Å². The van der Waals surface area contributed by atoms with E-state index in [1.807, 2.05) is 31.3 Å². The molecule has 0 radical (unpaired) electrons. The Hall–Kier alpha value is -1.55. The molecule has 1 aromatic rings. The van der Waals surface area contributed by atoms with Crippen molar-refractivity contribution >= 4 is 5.91 Å². The number of hydrogen-bond acceptors (Lipinski definition) is 3. The molecule has 0 bridgehead atoms. The fourth-order valence-corrected chi connectivity index (χ4v) is 1.56. The number of hydrogen-bond donors (Lipinski definition) is 1. The predicted octanol–water partition coefficient (Wildman–Crippen LogP) is 1.26. The van der Waals surface area contributed by atoms with Crippen molar-refractivity contribution in [2.45, 2.75) is 19.6 Å². The van der Waals surface area contributed by atoms with E-state index in [4.69, 9.17) is 4.74 Å². The third kappa shape index (κ3) is 3.75. The Morgan fingerprint density at radius 2 is 2.06 bits per heavy atom. The lowest BCUT2D eigenvalue weighted by Gasteiger charge is -2.19. The highest BCUT2D eigenvalue weighted by Crippen LogP contribution is 2.19. The van der Waals surface area contributed by atoms with Gasteiger partial charge in [0, 0.05) is 26.2 Å². The van der Waals surface area contributed by atoms with Crippen molar-refractivity contribution in [2.24, 2.45) is 0 Å². The molecule has 1 rings (SSSR count). The van der Waals surface area contributed by atoms with Gasteiger partial charge in [-0.15, -0.1) is 0 Å². The van der Waals surface area contributed by atoms with Crippen molar-refractivity contribution in [3.8, 4) is 5.75 Å². The summed E-state index contributed by atoms with van der Waals surface area (Å²) in [5.41, 5.74) is 1.05. The van der Waals surface area contributed by atoms with E-state index in [1.165, 1.54) is 4.90 Å². The van der Waals surface area contributed by atoms with Gasteiger partial charge >= 0.3 is 0 Å². The summed E-state index contributed by atoms with van der Waals surface area (Å²) in [4.78, 5) is 13.2. The first-order chi connectivity index (χ1) is 8.06. The molecule has 0 aliphatic carbocycles. The lowest BCUT2D eigenvalue weighted by molar-refractivity contribution is -0.135. The molecule has 1 atom stereocenters. The SMILES string of the molecule is CNCc1ccccc1OC(C)C(=O)N(C)C. The van der Waals surface area contributed by atoms with Gasteiger partial charge in [-0.25, -0.2) is 0 Å². The van der Waals surface area contributed by atoms with Crippen LogP contribution in [-0.2, 0) is 11.3 Å². The maximum atomic E-state index is 11.7. The summed E-state index contributed by atoms with van der Waals surface area (Å²) in [7, 11) is 5.33. The Morgan fingerprint density at radius 3 is 2.65 bits per heavy atom. The molecule has 0 saturated heterocycles. The maximum absolute atomic E-state index is 11.7. The van der Waals surface area contributed by atoms with E-state index in [9.17, 15) is 4.79 Å². The van der Waals surface area contributed by atoms with E-state index >= 15 is 0 Å². The largest absolute Gasteiger partial charge is 0.481 e. The van der Waals surface area contributed by atoms with Crippen LogP contribution in [0.3, 0.4) is 0 Å². The molecule has 0 aliphatic heterocycles. The standard InChI is InChI=1S/C13H20N2O2/c1-10(13(16)15(3)4)17-12-8-6-5-7-11(12)9-14-2/h5-8,10,14H,9H2,1-4H3. The highest BCUT2D eigenvalue weighted by Gasteiger charge is 2.17. The summed E-state index contributed by atoms with van der Waals surface area (Å²) >= 11 is 0. The average Bonchev–Trinajstić information content (AvgIpc) is 2.30. The van der Waals surface area contributed by atoms with E-state index in [-0.39, 0.29) is 5.91 Å². The normalized spacial score (nSPS) is 12.0. The summed E-state index contributed by atoms with van der Waals surface area (Å²) < 4.78 is 5.69. The van der Waals surface area contributed by atoms with Gasteiger partial charge < -0.3 is 15.0 Å². The van der Waals surface area contributed by atoms with Crippen LogP contribution in [0.4, 0.5) is 0 Å². The lowest BCUT2D eigenvalue weighted by Crippen LogP contribution is -2.35. The Kier molecular flexibility index (Phi) is 4.97. The quantitative estimate of drug-likeness (QED) is 0.837. The van der Waals surface area contributed by atoms with E-state index in [1.54, 1.807) is 21.0 Å². The van der Waals surface area contributed by atoms with Crippen LogP contribution in [0.5, 0.6) is 5.75 Å². The molecule has 0 aliphatic rings. The smallest absolute Gasteiger partial charge is 0.262 e. The molecule has 0 saturated carbocycles. The number of nitrogens with zero attached hydrogens (tertiary/aromatic N) is 1. The number of ether oxygens (including phenoxy) is 1. The summed E-state index contributed by atoms with van der Waals surface area (Å²) in [6.07, 6.45) is -0.469. The minimum Gasteiger partial charge on any atom is -0.481 e. The number of rotatable bonds is 5. The number of nitrogens with one attached hydrogen (secondary N) is 1. The van der Waals surface area contributed by atoms with Crippen molar-refractivity contribution in [2.75, 3.05) is 21.1 Å². The third-order valence-corrected chi connectivity index (χ3v) is 2.43. The van der Waals surface area contributed by atoms with Crippen LogP contribution in [0, 0.1) is 0 Å². The van der Waals surface area contributed by atoms with Gasteiger partial charge in [0.2, 0.25) is 0 Å². The fraction of sp³-hybridized carbons (Fsp3) is 0.462. The third-order valence-electron chi connectivity index (χ3n) is 2.43. The molecular formula is C13H20N2O2. The average molecular weight is 236 g/mol. The van der Waals surface area contributed by atoms with Gasteiger partial charge in [-0.1, -0.05) is 18.2 Å². The zero-order chi connectivity index (χ0) is 12.8. The Balaban J connectivity index is 2.77. The molecule has 0 aromatic heterocycles. The van der Waals surface area contributed by atoms with Crippen LogP contribution in [0.15, 0.2) is 24.3 Å². The molecule has 1 unspecified atom stereocenters. The molecule has 17 heavy (non-hydrogen) atoms. The van der Waals surface area contributed by atoms with Crippen LogP contribution in [0.1, 0.15) is 12.5 Å². The molecule has 4 heteroatoms. The van der Waals surface area contributed by atoms with Gasteiger partial charge in [-0.2, -0.15) is 0 Å². The van der Waals surface area contributed by atoms with E-state index in [0.29, 0.717) is 0 Å². The van der Waals surface area contributed by atoms with Crippen LogP contribution in [0.25, 0.3) is 0 Å². The molecule has 0 heterocycles. The Labute approximate surface area is 103 Å². The van der Waals surface area contributed by atoms with Gasteiger partial charge in [0.25, 0.3) is 5.91 Å². The first-order valence-electron chi connectivity index (χ1n) is 5.66. The summed E-state index contributed by atoms with van der Waals surface area (Å²) in [6, 6.07) is 7.73. The fourth-order valence-electron chi connectivity index (χ4n) is 1.56. The van der Waals surface area contributed by atoms with Gasteiger partial charge in [0.05, 0.1) is 0 Å². The van der Waals surface area contributed by atoms with Crippen molar-refractivity contribution in [3.05, 3.63) is 29.8 Å². The van der Waals surface area contributed by atoms with Gasteiger partial charge in [0.1, 0.15) is 5.75 Å². The van der Waals surface area contributed by atoms with Crippen molar-refractivity contribution in [1.82, 2.24) is 10.2 Å². The molecule has 1 N–H and O–H groups in total. The zero-order valence-electron chi connectivity index (χ0n) is 10.9. The molecule has 94 valence electrons. The Bertz CT molecular complexity index is 377. The zero-order valence-corrected chi connectivity index (χ0v) is 10.9. The Morgan fingerprint density at radius 1 is 1.41 bits per heavy atom. The molecule has 4 nitrogen and oxygen atoms in total. The monoisotopic (exact) mass is 236 g/mol. The highest BCUT2D eigenvalue weighted by molar-refractivity contribution is 5.80. The molecule has 0 spiro atoms. The van der Waals surface area contributed by atoms with Crippen LogP contribution in [-0.4, -0.2) is 38.1 Å².